The van der Waals surface area contributed by atoms with Crippen LogP contribution in [0.3, 0.4) is 0 Å². The summed E-state index contributed by atoms with van der Waals surface area (Å²) in [4.78, 5) is 11.9. The Morgan fingerprint density at radius 1 is 1.50 bits per heavy atom. The highest BCUT2D eigenvalue weighted by Crippen LogP contribution is 2.17. The minimum absolute atomic E-state index is 0.176. The summed E-state index contributed by atoms with van der Waals surface area (Å²) in [5, 5.41) is 11.8. The normalized spacial score (nSPS) is 9.75. The number of amides is 1. The molecule has 0 atom stereocenters. The largest absolute Gasteiger partial charge is 0.384 e. The number of rotatable bonds is 6. The summed E-state index contributed by atoms with van der Waals surface area (Å²) < 4.78 is 5.19. The molecule has 0 aliphatic rings. The van der Waals surface area contributed by atoms with Crippen LogP contribution in [0, 0.1) is 11.8 Å². The lowest BCUT2D eigenvalue weighted by Crippen LogP contribution is -2.25. The molecule has 0 aliphatic heterocycles. The molecule has 0 heterocycles. The van der Waals surface area contributed by atoms with Crippen LogP contribution in [-0.4, -0.2) is 37.4 Å². The Bertz CT molecular complexity index is 506. The molecule has 0 fully saturated rings. The Balaban J connectivity index is 2.54. The highest BCUT2D eigenvalue weighted by atomic mass is 35.5. The Hall–Kier alpha value is -1.54. The first kappa shape index (κ1) is 16.5. The average Bonchev–Trinajstić information content (AvgIpc) is 2.45. The molecule has 0 aliphatic carbocycles. The summed E-state index contributed by atoms with van der Waals surface area (Å²) in [5.74, 6) is 5.05. The summed E-state index contributed by atoms with van der Waals surface area (Å²) in [6, 6.07) is 4.89. The lowest BCUT2D eigenvalue weighted by atomic mass is 10.1. The van der Waals surface area contributed by atoms with Crippen molar-refractivity contribution < 1.29 is 14.6 Å². The minimum atomic E-state index is -0.224. The van der Waals surface area contributed by atoms with Gasteiger partial charge in [0.15, 0.2) is 0 Å². The van der Waals surface area contributed by atoms with Gasteiger partial charge in [-0.3, -0.25) is 4.79 Å². The fraction of sp³-hybridized carbons (Fsp3) is 0.400. The lowest BCUT2D eigenvalue weighted by Gasteiger charge is -2.06. The Morgan fingerprint density at radius 3 is 2.95 bits per heavy atom. The monoisotopic (exact) mass is 295 g/mol. The van der Waals surface area contributed by atoms with Crippen molar-refractivity contribution in [3.63, 3.8) is 0 Å². The first-order valence-corrected chi connectivity index (χ1v) is 6.82. The Kier molecular flexibility index (Phi) is 7.74. The van der Waals surface area contributed by atoms with Crippen molar-refractivity contribution in [2.45, 2.75) is 13.3 Å². The molecule has 0 spiro atoms. The first-order chi connectivity index (χ1) is 9.69. The highest BCUT2D eigenvalue weighted by molar-refractivity contribution is 6.32. The molecule has 0 saturated heterocycles. The van der Waals surface area contributed by atoms with Crippen LogP contribution in [-0.2, 0) is 4.74 Å². The van der Waals surface area contributed by atoms with Crippen molar-refractivity contribution in [1.82, 2.24) is 5.32 Å². The van der Waals surface area contributed by atoms with E-state index in [1.807, 2.05) is 6.92 Å². The maximum Gasteiger partial charge on any atom is 0.251 e. The number of hydrogen-bond acceptors (Lipinski definition) is 3. The summed E-state index contributed by atoms with van der Waals surface area (Å²) in [6.07, 6.45) is 0.771. The molecule has 1 amide bonds. The molecule has 1 aromatic rings. The smallest absolute Gasteiger partial charge is 0.251 e. The number of halogens is 1. The Labute approximate surface area is 124 Å². The van der Waals surface area contributed by atoms with Crippen LogP contribution in [0.15, 0.2) is 18.2 Å². The standard InChI is InChI=1S/C15H18ClNO3/c1-2-20-10-4-8-17-15(19)13-7-6-12(5-3-9-18)14(16)11-13/h6-7,11,18H,2,4,8-10H2,1H3,(H,17,19). The molecule has 2 N–H and O–H groups in total. The zero-order valence-electron chi connectivity index (χ0n) is 11.4. The molecule has 0 aromatic heterocycles. The summed E-state index contributed by atoms with van der Waals surface area (Å²) in [6.45, 7) is 3.58. The van der Waals surface area contributed by atoms with E-state index in [1.165, 1.54) is 0 Å². The van der Waals surface area contributed by atoms with Crippen molar-refractivity contribution in [3.8, 4) is 11.8 Å². The van der Waals surface area contributed by atoms with Gasteiger partial charge in [0.2, 0.25) is 0 Å². The third kappa shape index (κ3) is 5.62. The van der Waals surface area contributed by atoms with Crippen LogP contribution in [0.4, 0.5) is 0 Å². The highest BCUT2D eigenvalue weighted by Gasteiger charge is 2.07. The van der Waals surface area contributed by atoms with Crippen LogP contribution in [0.1, 0.15) is 29.3 Å². The van der Waals surface area contributed by atoms with Gasteiger partial charge in [0.1, 0.15) is 6.61 Å². The zero-order chi connectivity index (χ0) is 14.8. The fourth-order valence-corrected chi connectivity index (χ4v) is 1.74. The van der Waals surface area contributed by atoms with E-state index in [2.05, 4.69) is 17.2 Å². The number of nitrogens with one attached hydrogen (secondary N) is 1. The van der Waals surface area contributed by atoms with Gasteiger partial charge < -0.3 is 15.2 Å². The number of carbonyl (C=O) groups is 1. The molecule has 0 radical (unpaired) electrons. The predicted octanol–water partition coefficient (Wildman–Crippen LogP) is 1.84. The predicted molar refractivity (Wildman–Crippen MR) is 78.9 cm³/mol. The molecule has 1 rings (SSSR count). The van der Waals surface area contributed by atoms with Gasteiger partial charge in [0.05, 0.1) is 5.02 Å². The third-order valence-electron chi connectivity index (χ3n) is 2.49. The molecule has 0 bridgehead atoms. The molecule has 0 unspecified atom stereocenters. The van der Waals surface area contributed by atoms with Gasteiger partial charge in [0.25, 0.3) is 5.91 Å². The van der Waals surface area contributed by atoms with Gasteiger partial charge in [-0.2, -0.15) is 0 Å². The van der Waals surface area contributed by atoms with Crippen LogP contribution in [0.5, 0.6) is 0 Å². The van der Waals surface area contributed by atoms with Crippen molar-refractivity contribution in [3.05, 3.63) is 34.3 Å². The van der Waals surface area contributed by atoms with E-state index in [1.54, 1.807) is 18.2 Å². The topological polar surface area (TPSA) is 58.6 Å². The number of ether oxygens (including phenoxy) is 1. The second-order valence-electron chi connectivity index (χ2n) is 3.96. The van der Waals surface area contributed by atoms with E-state index in [4.69, 9.17) is 21.4 Å². The van der Waals surface area contributed by atoms with E-state index < -0.39 is 0 Å². The molecular weight excluding hydrogens is 278 g/mol. The molecule has 5 heteroatoms. The van der Waals surface area contributed by atoms with Crippen molar-refractivity contribution in [2.24, 2.45) is 0 Å². The summed E-state index contributed by atoms with van der Waals surface area (Å²) in [7, 11) is 0. The van der Waals surface area contributed by atoms with Crippen molar-refractivity contribution in [1.29, 1.82) is 0 Å². The SMILES string of the molecule is CCOCCCNC(=O)c1ccc(C#CCO)c(Cl)c1. The summed E-state index contributed by atoms with van der Waals surface area (Å²) in [5.41, 5.74) is 1.08. The third-order valence-corrected chi connectivity index (χ3v) is 2.80. The quantitative estimate of drug-likeness (QED) is 0.622. The van der Waals surface area contributed by atoms with Gasteiger partial charge in [-0.15, -0.1) is 0 Å². The van der Waals surface area contributed by atoms with Crippen LogP contribution in [0.2, 0.25) is 5.02 Å². The second kappa shape index (κ2) is 9.38. The fourth-order valence-electron chi connectivity index (χ4n) is 1.52. The van der Waals surface area contributed by atoms with Gasteiger partial charge in [-0.05, 0) is 31.5 Å². The summed E-state index contributed by atoms with van der Waals surface area (Å²) >= 11 is 6.03. The molecule has 4 nitrogen and oxygen atoms in total. The van der Waals surface area contributed by atoms with Gasteiger partial charge in [-0.25, -0.2) is 0 Å². The van der Waals surface area contributed by atoms with Gasteiger partial charge >= 0.3 is 0 Å². The number of benzene rings is 1. The van der Waals surface area contributed by atoms with Crippen molar-refractivity contribution >= 4 is 17.5 Å². The van der Waals surface area contributed by atoms with E-state index in [-0.39, 0.29) is 12.5 Å². The maximum atomic E-state index is 11.9. The zero-order valence-corrected chi connectivity index (χ0v) is 12.2. The number of aliphatic hydroxyl groups excluding tert-OH is 1. The number of aliphatic hydroxyl groups is 1. The molecule has 0 saturated carbocycles. The molecule has 108 valence electrons. The average molecular weight is 296 g/mol. The van der Waals surface area contributed by atoms with E-state index in [0.29, 0.717) is 35.9 Å². The van der Waals surface area contributed by atoms with Crippen LogP contribution in [0.25, 0.3) is 0 Å². The molecule has 20 heavy (non-hydrogen) atoms. The lowest BCUT2D eigenvalue weighted by molar-refractivity contribution is 0.0944. The molecule has 1 aromatic carbocycles. The van der Waals surface area contributed by atoms with Crippen molar-refractivity contribution in [2.75, 3.05) is 26.4 Å². The van der Waals surface area contributed by atoms with E-state index >= 15 is 0 Å². The first-order valence-electron chi connectivity index (χ1n) is 6.44. The van der Waals surface area contributed by atoms with Gasteiger partial charge in [-0.1, -0.05) is 23.4 Å². The van der Waals surface area contributed by atoms with Crippen LogP contribution >= 0.6 is 11.6 Å². The van der Waals surface area contributed by atoms with Gasteiger partial charge in [0, 0.05) is 30.9 Å². The Morgan fingerprint density at radius 2 is 2.30 bits per heavy atom. The minimum Gasteiger partial charge on any atom is -0.384 e. The molecular formula is C15H18ClNO3. The van der Waals surface area contributed by atoms with E-state index in [9.17, 15) is 4.79 Å². The number of hydrogen-bond donors (Lipinski definition) is 2. The second-order valence-corrected chi connectivity index (χ2v) is 4.37. The van der Waals surface area contributed by atoms with E-state index in [0.717, 1.165) is 6.42 Å². The maximum absolute atomic E-state index is 11.9. The van der Waals surface area contributed by atoms with Crippen LogP contribution < -0.4 is 5.32 Å². The number of carbonyl (C=O) groups excluding carboxylic acids is 1.